The maximum atomic E-state index is 6.17. The molecular formula is C26H35N3O2. The summed E-state index contributed by atoms with van der Waals surface area (Å²) in [4.78, 5) is 7.44. The number of nitrogens with zero attached hydrogens (tertiary/aromatic N) is 2. The molecule has 0 bridgehead atoms. The molecule has 0 saturated carbocycles. The molecule has 5 heteroatoms. The fraction of sp³-hybridized carbons (Fsp3) is 0.500. The van der Waals surface area contributed by atoms with Crippen molar-refractivity contribution in [1.29, 1.82) is 0 Å². The summed E-state index contributed by atoms with van der Waals surface area (Å²) >= 11 is 0. The summed E-state index contributed by atoms with van der Waals surface area (Å²) in [7, 11) is 0. The number of piperidine rings is 1. The highest BCUT2D eigenvalue weighted by atomic mass is 16.5. The van der Waals surface area contributed by atoms with Gasteiger partial charge >= 0.3 is 0 Å². The first-order chi connectivity index (χ1) is 15.3. The summed E-state index contributed by atoms with van der Waals surface area (Å²) in [5.74, 6) is 2.41. The van der Waals surface area contributed by atoms with Crippen LogP contribution in [-0.2, 0) is 4.74 Å². The summed E-state index contributed by atoms with van der Waals surface area (Å²) in [5.41, 5.74) is 1.27. The van der Waals surface area contributed by atoms with E-state index in [-0.39, 0.29) is 12.2 Å². The molecule has 2 unspecified atom stereocenters. The van der Waals surface area contributed by atoms with E-state index in [1.54, 1.807) is 0 Å². The molecule has 0 aromatic heterocycles. The van der Waals surface area contributed by atoms with Crippen molar-refractivity contribution in [2.75, 3.05) is 32.8 Å². The van der Waals surface area contributed by atoms with Gasteiger partial charge in [-0.3, -0.25) is 4.99 Å². The number of likely N-dealkylation sites (tertiary alicyclic amines) is 1. The van der Waals surface area contributed by atoms with E-state index in [9.17, 15) is 0 Å². The Labute approximate surface area is 186 Å². The topological polar surface area (TPSA) is 46.1 Å². The second-order valence-electron chi connectivity index (χ2n) is 8.42. The van der Waals surface area contributed by atoms with Crippen molar-refractivity contribution in [3.63, 3.8) is 0 Å². The molecule has 2 aromatic carbocycles. The van der Waals surface area contributed by atoms with Crippen molar-refractivity contribution < 1.29 is 9.47 Å². The predicted molar refractivity (Wildman–Crippen MR) is 126 cm³/mol. The van der Waals surface area contributed by atoms with Gasteiger partial charge in [-0.25, -0.2) is 0 Å². The molecule has 0 amide bonds. The summed E-state index contributed by atoms with van der Waals surface area (Å²) in [5, 5.41) is 3.51. The quantitative estimate of drug-likeness (QED) is 0.544. The fourth-order valence-corrected chi connectivity index (χ4v) is 4.55. The largest absolute Gasteiger partial charge is 0.490 e. The first kappa shape index (κ1) is 21.7. The Morgan fingerprint density at radius 3 is 2.45 bits per heavy atom. The molecular weight excluding hydrogens is 386 g/mol. The van der Waals surface area contributed by atoms with E-state index in [0.29, 0.717) is 5.92 Å². The van der Waals surface area contributed by atoms with Gasteiger partial charge in [0.25, 0.3) is 0 Å². The fourth-order valence-electron chi connectivity index (χ4n) is 4.55. The number of rotatable bonds is 6. The third-order valence-electron chi connectivity index (χ3n) is 6.17. The van der Waals surface area contributed by atoms with Crippen LogP contribution < -0.4 is 10.1 Å². The lowest BCUT2D eigenvalue weighted by molar-refractivity contribution is -0.0251. The molecule has 0 radical (unpaired) electrons. The summed E-state index contributed by atoms with van der Waals surface area (Å²) in [6.07, 6.45) is 4.72. The Balaban J connectivity index is 1.35. The van der Waals surface area contributed by atoms with Crippen molar-refractivity contribution >= 4 is 5.96 Å². The lowest BCUT2D eigenvalue weighted by atomic mass is 9.89. The zero-order valence-corrected chi connectivity index (χ0v) is 18.6. The Morgan fingerprint density at radius 1 is 1.03 bits per heavy atom. The third-order valence-corrected chi connectivity index (χ3v) is 6.17. The summed E-state index contributed by atoms with van der Waals surface area (Å²) in [6, 6.07) is 20.8. The number of nitrogens with one attached hydrogen (secondary N) is 1. The van der Waals surface area contributed by atoms with E-state index in [2.05, 4.69) is 47.5 Å². The molecule has 0 spiro atoms. The van der Waals surface area contributed by atoms with Gasteiger partial charge in [0.05, 0.1) is 6.10 Å². The monoisotopic (exact) mass is 421 g/mol. The molecule has 2 aromatic rings. The molecule has 166 valence electrons. The highest BCUT2D eigenvalue weighted by molar-refractivity contribution is 5.80. The van der Waals surface area contributed by atoms with Crippen molar-refractivity contribution in [3.8, 4) is 5.75 Å². The van der Waals surface area contributed by atoms with Gasteiger partial charge in [-0.1, -0.05) is 48.5 Å². The summed E-state index contributed by atoms with van der Waals surface area (Å²) in [6.45, 7) is 6.58. The average Bonchev–Trinajstić information content (AvgIpc) is 2.84. The minimum Gasteiger partial charge on any atom is -0.490 e. The Bertz CT molecular complexity index is 804. The molecule has 1 N–H and O–H groups in total. The molecule has 0 aliphatic carbocycles. The van der Waals surface area contributed by atoms with E-state index in [4.69, 9.17) is 14.5 Å². The minimum atomic E-state index is 0.145. The molecule has 2 atom stereocenters. The van der Waals surface area contributed by atoms with E-state index < -0.39 is 0 Å². The third kappa shape index (κ3) is 6.01. The Kier molecular flexibility index (Phi) is 7.83. The number of para-hydroxylation sites is 1. The molecule has 2 heterocycles. The number of ether oxygens (including phenoxy) is 2. The second kappa shape index (κ2) is 11.2. The average molecular weight is 422 g/mol. The van der Waals surface area contributed by atoms with E-state index in [0.717, 1.165) is 70.2 Å². The van der Waals surface area contributed by atoms with Gasteiger partial charge in [-0.15, -0.1) is 0 Å². The summed E-state index contributed by atoms with van der Waals surface area (Å²) < 4.78 is 12.3. The SMILES string of the molecule is CCNC(=NCC1CCCOC1c1ccccc1)N1CCC(Oc2ccccc2)CC1. The van der Waals surface area contributed by atoms with Gasteiger partial charge < -0.3 is 19.7 Å². The highest BCUT2D eigenvalue weighted by Gasteiger charge is 2.28. The maximum Gasteiger partial charge on any atom is 0.193 e. The number of guanidine groups is 1. The van der Waals surface area contributed by atoms with Crippen LogP contribution in [-0.4, -0.2) is 49.7 Å². The van der Waals surface area contributed by atoms with Crippen LogP contribution in [0, 0.1) is 5.92 Å². The van der Waals surface area contributed by atoms with Crippen LogP contribution in [0.25, 0.3) is 0 Å². The van der Waals surface area contributed by atoms with E-state index in [1.165, 1.54) is 5.56 Å². The minimum absolute atomic E-state index is 0.145. The Morgan fingerprint density at radius 2 is 1.74 bits per heavy atom. The van der Waals surface area contributed by atoms with E-state index in [1.807, 2.05) is 30.3 Å². The number of aliphatic imine (C=N–C) groups is 1. The molecule has 2 aliphatic rings. The highest BCUT2D eigenvalue weighted by Crippen LogP contribution is 2.33. The van der Waals surface area contributed by atoms with Crippen molar-refractivity contribution in [3.05, 3.63) is 66.2 Å². The smallest absolute Gasteiger partial charge is 0.193 e. The van der Waals surface area contributed by atoms with Crippen LogP contribution in [0.5, 0.6) is 5.75 Å². The molecule has 31 heavy (non-hydrogen) atoms. The zero-order valence-electron chi connectivity index (χ0n) is 18.6. The van der Waals surface area contributed by atoms with Gasteiger partial charge in [-0.05, 0) is 37.5 Å². The van der Waals surface area contributed by atoms with Crippen LogP contribution >= 0.6 is 0 Å². The zero-order chi connectivity index (χ0) is 21.3. The molecule has 5 nitrogen and oxygen atoms in total. The van der Waals surface area contributed by atoms with Crippen molar-refractivity contribution in [1.82, 2.24) is 10.2 Å². The van der Waals surface area contributed by atoms with Crippen LogP contribution in [0.2, 0.25) is 0 Å². The number of hydrogen-bond donors (Lipinski definition) is 1. The van der Waals surface area contributed by atoms with Gasteiger partial charge in [0, 0.05) is 51.5 Å². The lowest BCUT2D eigenvalue weighted by Gasteiger charge is -2.35. The van der Waals surface area contributed by atoms with Crippen molar-refractivity contribution in [2.24, 2.45) is 10.9 Å². The molecule has 4 rings (SSSR count). The van der Waals surface area contributed by atoms with Gasteiger partial charge in [0.1, 0.15) is 11.9 Å². The van der Waals surface area contributed by atoms with Gasteiger partial charge in [0.2, 0.25) is 0 Å². The molecule has 2 fully saturated rings. The predicted octanol–water partition coefficient (Wildman–Crippen LogP) is 4.66. The maximum absolute atomic E-state index is 6.17. The number of hydrogen-bond acceptors (Lipinski definition) is 3. The van der Waals surface area contributed by atoms with Crippen molar-refractivity contribution in [2.45, 2.75) is 44.8 Å². The first-order valence-corrected chi connectivity index (χ1v) is 11.7. The lowest BCUT2D eigenvalue weighted by Crippen LogP contribution is -2.47. The molecule has 2 aliphatic heterocycles. The van der Waals surface area contributed by atoms with Gasteiger partial charge in [-0.2, -0.15) is 0 Å². The van der Waals surface area contributed by atoms with E-state index >= 15 is 0 Å². The number of benzene rings is 2. The normalized spacial score (nSPS) is 22.9. The molecule has 2 saturated heterocycles. The standard InChI is InChI=1S/C26H35N3O2/c1-2-27-26(29-17-15-24(16-18-29)31-23-13-7-4-8-14-23)28-20-22-12-9-19-30-25(22)21-10-5-3-6-11-21/h3-8,10-11,13-14,22,24-25H,2,9,12,15-20H2,1H3,(H,27,28). The second-order valence-corrected chi connectivity index (χ2v) is 8.42. The first-order valence-electron chi connectivity index (χ1n) is 11.7. The van der Waals surface area contributed by atoms with Crippen LogP contribution in [0.4, 0.5) is 0 Å². The van der Waals surface area contributed by atoms with Gasteiger partial charge in [0.15, 0.2) is 5.96 Å². The Hall–Kier alpha value is -2.53. The van der Waals surface area contributed by atoms with Crippen LogP contribution in [0.3, 0.4) is 0 Å². The van der Waals surface area contributed by atoms with Crippen LogP contribution in [0.1, 0.15) is 44.3 Å². The van der Waals surface area contributed by atoms with Crippen LogP contribution in [0.15, 0.2) is 65.7 Å².